The molecule has 132 valence electrons. The van der Waals surface area contributed by atoms with Crippen LogP contribution in [0.5, 0.6) is 0 Å². The molecular weight excluding hydrogens is 312 g/mol. The van der Waals surface area contributed by atoms with E-state index in [0.29, 0.717) is 12.5 Å². The molecule has 0 radical (unpaired) electrons. The first kappa shape index (κ1) is 17.5. The molecule has 0 fully saturated rings. The summed E-state index contributed by atoms with van der Waals surface area (Å²) in [6.07, 6.45) is 1.87. The molecule has 2 amide bonds. The van der Waals surface area contributed by atoms with Gasteiger partial charge in [0.05, 0.1) is 12.6 Å². The Morgan fingerprint density at radius 1 is 1.20 bits per heavy atom. The fourth-order valence-corrected chi connectivity index (χ4v) is 3.67. The van der Waals surface area contributed by atoms with E-state index >= 15 is 0 Å². The lowest BCUT2D eigenvalue weighted by Crippen LogP contribution is -2.39. The van der Waals surface area contributed by atoms with Crippen molar-refractivity contribution in [2.24, 2.45) is 0 Å². The quantitative estimate of drug-likeness (QED) is 0.853. The topological polar surface area (TPSA) is 52.6 Å². The maximum atomic E-state index is 13.0. The highest BCUT2D eigenvalue weighted by molar-refractivity contribution is 5.90. The van der Waals surface area contributed by atoms with Crippen molar-refractivity contribution in [2.75, 3.05) is 18.5 Å². The Labute approximate surface area is 149 Å². The van der Waals surface area contributed by atoms with Gasteiger partial charge < -0.3 is 15.3 Å². The molecule has 3 rings (SSSR count). The highest BCUT2D eigenvalue weighted by Gasteiger charge is 2.30. The van der Waals surface area contributed by atoms with E-state index in [1.54, 1.807) is 4.90 Å². The Hall–Kier alpha value is -2.33. The lowest BCUT2D eigenvalue weighted by molar-refractivity contribution is 0.162. The number of aryl methyl sites for hydroxylation is 1. The molecule has 25 heavy (non-hydrogen) atoms. The van der Waals surface area contributed by atoms with E-state index < -0.39 is 0 Å². The molecule has 2 N–H and O–H groups in total. The fourth-order valence-electron chi connectivity index (χ4n) is 3.67. The number of carbonyl (C=O) groups is 1. The largest absolute Gasteiger partial charge is 0.395 e. The van der Waals surface area contributed by atoms with Crippen LogP contribution < -0.4 is 5.32 Å². The van der Waals surface area contributed by atoms with Crippen molar-refractivity contribution in [3.63, 3.8) is 0 Å². The zero-order valence-electron chi connectivity index (χ0n) is 14.9. The number of amides is 2. The molecule has 0 aromatic heterocycles. The number of aliphatic hydroxyl groups is 1. The smallest absolute Gasteiger partial charge is 0.322 e. The highest BCUT2D eigenvalue weighted by atomic mass is 16.3. The van der Waals surface area contributed by atoms with E-state index in [1.807, 2.05) is 36.4 Å². The van der Waals surface area contributed by atoms with Gasteiger partial charge >= 0.3 is 6.03 Å². The van der Waals surface area contributed by atoms with E-state index in [1.165, 1.54) is 11.1 Å². The first-order valence-electron chi connectivity index (χ1n) is 8.97. The van der Waals surface area contributed by atoms with Gasteiger partial charge in [0.25, 0.3) is 0 Å². The van der Waals surface area contributed by atoms with E-state index in [0.717, 1.165) is 24.1 Å². The number of rotatable bonds is 5. The SMILES string of the molecule is CC(C)c1ccccc1NC(=O)N(CCO)C1CCc2ccccc21. The van der Waals surface area contributed by atoms with Gasteiger partial charge in [-0.25, -0.2) is 4.79 Å². The maximum Gasteiger partial charge on any atom is 0.322 e. The molecule has 1 unspecified atom stereocenters. The van der Waals surface area contributed by atoms with Crippen molar-refractivity contribution in [1.29, 1.82) is 0 Å². The minimum absolute atomic E-state index is 0.0227. The Balaban J connectivity index is 1.83. The zero-order valence-corrected chi connectivity index (χ0v) is 14.9. The molecular formula is C21H26N2O2. The van der Waals surface area contributed by atoms with Crippen LogP contribution in [0.15, 0.2) is 48.5 Å². The molecule has 0 aliphatic heterocycles. The second-order valence-electron chi connectivity index (χ2n) is 6.84. The summed E-state index contributed by atoms with van der Waals surface area (Å²) >= 11 is 0. The van der Waals surface area contributed by atoms with Gasteiger partial charge in [0, 0.05) is 12.2 Å². The lowest BCUT2D eigenvalue weighted by atomic mass is 10.0. The van der Waals surface area contributed by atoms with Gasteiger partial charge in [-0.15, -0.1) is 0 Å². The normalized spacial score (nSPS) is 15.9. The molecule has 0 bridgehead atoms. The summed E-state index contributed by atoms with van der Waals surface area (Å²) in [6, 6.07) is 16.0. The number of aliphatic hydroxyl groups excluding tert-OH is 1. The van der Waals surface area contributed by atoms with Gasteiger partial charge in [0.1, 0.15) is 0 Å². The Morgan fingerprint density at radius 3 is 2.68 bits per heavy atom. The van der Waals surface area contributed by atoms with Crippen LogP contribution >= 0.6 is 0 Å². The average Bonchev–Trinajstić information content (AvgIpc) is 3.03. The monoisotopic (exact) mass is 338 g/mol. The number of fused-ring (bicyclic) bond motifs is 1. The Morgan fingerprint density at radius 2 is 1.92 bits per heavy atom. The van der Waals surface area contributed by atoms with Crippen LogP contribution in [-0.4, -0.2) is 29.2 Å². The summed E-state index contributed by atoms with van der Waals surface area (Å²) in [4.78, 5) is 14.7. The summed E-state index contributed by atoms with van der Waals surface area (Å²) in [7, 11) is 0. The fraction of sp³-hybridized carbons (Fsp3) is 0.381. The molecule has 1 aliphatic rings. The first-order valence-corrected chi connectivity index (χ1v) is 8.97. The number of urea groups is 1. The summed E-state index contributed by atoms with van der Waals surface area (Å²) in [5, 5.41) is 12.5. The van der Waals surface area contributed by atoms with E-state index in [-0.39, 0.29) is 18.7 Å². The third-order valence-corrected chi connectivity index (χ3v) is 4.90. The van der Waals surface area contributed by atoms with Crippen LogP contribution in [0.2, 0.25) is 0 Å². The minimum atomic E-state index is -0.149. The Bertz CT molecular complexity index is 742. The number of hydrogen-bond donors (Lipinski definition) is 2. The summed E-state index contributed by atoms with van der Waals surface area (Å²) in [6.45, 7) is 4.51. The molecule has 0 spiro atoms. The van der Waals surface area contributed by atoms with Gasteiger partial charge in [-0.2, -0.15) is 0 Å². The van der Waals surface area contributed by atoms with Crippen molar-refractivity contribution in [3.05, 3.63) is 65.2 Å². The number of carbonyl (C=O) groups excluding carboxylic acids is 1. The molecule has 4 nitrogen and oxygen atoms in total. The third-order valence-electron chi connectivity index (χ3n) is 4.90. The van der Waals surface area contributed by atoms with Gasteiger partial charge in [-0.1, -0.05) is 56.3 Å². The van der Waals surface area contributed by atoms with Crippen LogP contribution in [0.1, 0.15) is 48.9 Å². The molecule has 0 saturated carbocycles. The number of nitrogens with zero attached hydrogens (tertiary/aromatic N) is 1. The zero-order chi connectivity index (χ0) is 17.8. The van der Waals surface area contributed by atoms with E-state index in [9.17, 15) is 9.90 Å². The van der Waals surface area contributed by atoms with E-state index in [2.05, 4.69) is 31.3 Å². The number of nitrogens with one attached hydrogen (secondary N) is 1. The molecule has 1 aliphatic carbocycles. The predicted molar refractivity (Wildman–Crippen MR) is 101 cm³/mol. The second-order valence-corrected chi connectivity index (χ2v) is 6.84. The van der Waals surface area contributed by atoms with Crippen molar-refractivity contribution in [2.45, 2.75) is 38.6 Å². The molecule has 2 aromatic carbocycles. The molecule has 4 heteroatoms. The molecule has 2 aromatic rings. The minimum Gasteiger partial charge on any atom is -0.395 e. The average molecular weight is 338 g/mol. The molecule has 0 saturated heterocycles. The first-order chi connectivity index (χ1) is 12.1. The van der Waals surface area contributed by atoms with E-state index in [4.69, 9.17) is 0 Å². The highest BCUT2D eigenvalue weighted by Crippen LogP contribution is 2.36. The second kappa shape index (κ2) is 7.70. The number of hydrogen-bond acceptors (Lipinski definition) is 2. The van der Waals surface area contributed by atoms with Crippen molar-refractivity contribution in [1.82, 2.24) is 4.90 Å². The van der Waals surface area contributed by atoms with Gasteiger partial charge in [-0.3, -0.25) is 0 Å². The van der Waals surface area contributed by atoms with Crippen LogP contribution in [-0.2, 0) is 6.42 Å². The summed E-state index contributed by atoms with van der Waals surface area (Å²) in [5.74, 6) is 0.329. The summed E-state index contributed by atoms with van der Waals surface area (Å²) in [5.41, 5.74) is 4.46. The molecule has 0 heterocycles. The van der Waals surface area contributed by atoms with Crippen molar-refractivity contribution in [3.8, 4) is 0 Å². The number of anilines is 1. The predicted octanol–water partition coefficient (Wildman–Crippen LogP) is 4.32. The van der Waals surface area contributed by atoms with Gasteiger partial charge in [-0.05, 0) is 41.5 Å². The maximum absolute atomic E-state index is 13.0. The van der Waals surface area contributed by atoms with Crippen LogP contribution in [0.25, 0.3) is 0 Å². The number of benzene rings is 2. The third kappa shape index (κ3) is 3.69. The Kier molecular flexibility index (Phi) is 5.39. The van der Waals surface area contributed by atoms with Gasteiger partial charge in [0.15, 0.2) is 0 Å². The number of para-hydroxylation sites is 1. The van der Waals surface area contributed by atoms with Crippen LogP contribution in [0.3, 0.4) is 0 Å². The van der Waals surface area contributed by atoms with Crippen LogP contribution in [0, 0.1) is 0 Å². The lowest BCUT2D eigenvalue weighted by Gasteiger charge is -2.30. The van der Waals surface area contributed by atoms with Gasteiger partial charge in [0.2, 0.25) is 0 Å². The molecule has 1 atom stereocenters. The van der Waals surface area contributed by atoms with Crippen molar-refractivity contribution >= 4 is 11.7 Å². The standard InChI is InChI=1S/C21H26N2O2/c1-15(2)17-8-5-6-10-19(17)22-21(25)23(13-14-24)20-12-11-16-7-3-4-9-18(16)20/h3-10,15,20,24H,11-14H2,1-2H3,(H,22,25). The van der Waals surface area contributed by atoms with Crippen LogP contribution in [0.4, 0.5) is 10.5 Å². The summed E-state index contributed by atoms with van der Waals surface area (Å²) < 4.78 is 0. The van der Waals surface area contributed by atoms with Crippen molar-refractivity contribution < 1.29 is 9.90 Å².